The fourth-order valence-electron chi connectivity index (χ4n) is 3.90. The zero-order valence-electron chi connectivity index (χ0n) is 10.5. The molecule has 1 saturated carbocycles. The van der Waals surface area contributed by atoms with Crippen molar-refractivity contribution in [3.63, 3.8) is 0 Å². The zero-order chi connectivity index (χ0) is 12.3. The Bertz CT molecular complexity index is 402. The summed E-state index contributed by atoms with van der Waals surface area (Å²) in [6, 6.07) is 0. The van der Waals surface area contributed by atoms with E-state index in [0.29, 0.717) is 12.5 Å². The number of rotatable bonds is 2. The first-order valence-corrected chi connectivity index (χ1v) is 6.08. The van der Waals surface area contributed by atoms with Gasteiger partial charge in [0.05, 0.1) is 6.61 Å². The SMILES string of the molecule is COC12C=C(C)C3C(CCOC3(OC)C1=O)C2. The average Bonchev–Trinajstić information content (AvgIpc) is 2.35. The molecule has 0 aromatic carbocycles. The molecule has 0 spiro atoms. The molecule has 1 saturated heterocycles. The summed E-state index contributed by atoms with van der Waals surface area (Å²) in [4.78, 5) is 12.6. The maximum atomic E-state index is 12.6. The first kappa shape index (κ1) is 11.4. The molecule has 4 bridgehead atoms. The van der Waals surface area contributed by atoms with Crippen LogP contribution in [0.25, 0.3) is 0 Å². The molecular formula is C13H18O4. The highest BCUT2D eigenvalue weighted by Crippen LogP contribution is 2.56. The van der Waals surface area contributed by atoms with Gasteiger partial charge in [-0.05, 0) is 31.8 Å². The van der Waals surface area contributed by atoms with E-state index in [1.807, 2.05) is 13.0 Å². The number of carbonyl (C=O) groups excluding carboxylic acids is 1. The second-order valence-corrected chi connectivity index (χ2v) is 5.26. The van der Waals surface area contributed by atoms with Crippen molar-refractivity contribution in [2.24, 2.45) is 11.8 Å². The molecule has 0 aromatic rings. The Balaban J connectivity index is 2.19. The molecular weight excluding hydrogens is 220 g/mol. The van der Waals surface area contributed by atoms with Crippen molar-refractivity contribution in [2.45, 2.75) is 31.2 Å². The lowest BCUT2D eigenvalue weighted by Crippen LogP contribution is -2.70. The summed E-state index contributed by atoms with van der Waals surface area (Å²) in [5, 5.41) is 0. The smallest absolute Gasteiger partial charge is 0.239 e. The van der Waals surface area contributed by atoms with E-state index < -0.39 is 11.4 Å². The van der Waals surface area contributed by atoms with Gasteiger partial charge < -0.3 is 14.2 Å². The van der Waals surface area contributed by atoms with E-state index in [1.165, 1.54) is 0 Å². The van der Waals surface area contributed by atoms with E-state index in [1.54, 1.807) is 14.2 Å². The van der Waals surface area contributed by atoms with E-state index in [4.69, 9.17) is 14.2 Å². The number of ether oxygens (including phenoxy) is 3. The van der Waals surface area contributed by atoms with Crippen LogP contribution in [0.5, 0.6) is 0 Å². The highest BCUT2D eigenvalue weighted by Gasteiger charge is 2.67. The standard InChI is InChI=1S/C13H18O4/c1-8-6-12(15-2)7-9-4-5-17-13(16-3,10(8)9)11(12)14/h6,9-10H,4-5,7H2,1-3H3. The summed E-state index contributed by atoms with van der Waals surface area (Å²) in [6.45, 7) is 2.63. The molecule has 94 valence electrons. The van der Waals surface area contributed by atoms with Gasteiger partial charge in [-0.25, -0.2) is 0 Å². The largest absolute Gasteiger partial charge is 0.366 e. The molecule has 2 fully saturated rings. The quantitative estimate of drug-likeness (QED) is 0.680. The number of ketones is 1. The molecule has 0 radical (unpaired) electrons. The Morgan fingerprint density at radius 2 is 2.18 bits per heavy atom. The van der Waals surface area contributed by atoms with Gasteiger partial charge in [0, 0.05) is 20.1 Å². The maximum absolute atomic E-state index is 12.6. The molecule has 4 rings (SSSR count). The van der Waals surface area contributed by atoms with Crippen LogP contribution in [0.4, 0.5) is 0 Å². The number of hydrogen-bond donors (Lipinski definition) is 0. The van der Waals surface area contributed by atoms with Crippen LogP contribution in [0.1, 0.15) is 19.8 Å². The van der Waals surface area contributed by atoms with E-state index >= 15 is 0 Å². The fourth-order valence-corrected chi connectivity index (χ4v) is 3.90. The molecule has 4 unspecified atom stereocenters. The number of carbonyl (C=O) groups is 1. The average molecular weight is 238 g/mol. The summed E-state index contributed by atoms with van der Waals surface area (Å²) < 4.78 is 16.8. The summed E-state index contributed by atoms with van der Waals surface area (Å²) in [5.74, 6) is -0.686. The van der Waals surface area contributed by atoms with Crippen LogP contribution in [0.3, 0.4) is 0 Å². The van der Waals surface area contributed by atoms with Crippen molar-refractivity contribution in [3.8, 4) is 0 Å². The predicted octanol–water partition coefficient (Wildman–Crippen LogP) is 1.30. The molecule has 1 heterocycles. The molecule has 3 aliphatic carbocycles. The maximum Gasteiger partial charge on any atom is 0.239 e. The normalized spacial score (nSPS) is 48.2. The monoisotopic (exact) mass is 238 g/mol. The van der Waals surface area contributed by atoms with E-state index in [9.17, 15) is 4.79 Å². The van der Waals surface area contributed by atoms with Crippen LogP contribution in [0.2, 0.25) is 0 Å². The first-order valence-electron chi connectivity index (χ1n) is 6.08. The Morgan fingerprint density at radius 3 is 2.82 bits per heavy atom. The molecule has 0 aromatic heterocycles. The molecule has 0 amide bonds. The molecule has 17 heavy (non-hydrogen) atoms. The lowest BCUT2D eigenvalue weighted by Gasteiger charge is -2.57. The van der Waals surface area contributed by atoms with Crippen molar-refractivity contribution in [1.29, 1.82) is 0 Å². The second kappa shape index (κ2) is 3.40. The Kier molecular flexibility index (Phi) is 2.28. The molecule has 4 atom stereocenters. The Labute approximate surface area is 101 Å². The minimum Gasteiger partial charge on any atom is -0.366 e. The molecule has 4 heteroatoms. The van der Waals surface area contributed by atoms with Gasteiger partial charge in [-0.3, -0.25) is 4.79 Å². The number of hydrogen-bond acceptors (Lipinski definition) is 4. The van der Waals surface area contributed by atoms with Gasteiger partial charge in [0.2, 0.25) is 11.6 Å². The van der Waals surface area contributed by atoms with Gasteiger partial charge in [0.1, 0.15) is 0 Å². The molecule has 4 nitrogen and oxygen atoms in total. The fraction of sp³-hybridized carbons (Fsp3) is 0.769. The molecule has 4 aliphatic rings. The number of Topliss-reactive ketones (excluding diaryl/α,β-unsaturated/α-hetero) is 1. The third-order valence-electron chi connectivity index (χ3n) is 4.57. The minimum absolute atomic E-state index is 0.0609. The molecule has 1 aliphatic heterocycles. The van der Waals surface area contributed by atoms with Gasteiger partial charge in [0.15, 0.2) is 5.60 Å². The lowest BCUT2D eigenvalue weighted by molar-refractivity contribution is -0.289. The third kappa shape index (κ3) is 1.16. The van der Waals surface area contributed by atoms with Gasteiger partial charge in [-0.1, -0.05) is 5.57 Å². The van der Waals surface area contributed by atoms with Crippen molar-refractivity contribution < 1.29 is 19.0 Å². The van der Waals surface area contributed by atoms with E-state index in [2.05, 4.69) is 0 Å². The first-order chi connectivity index (χ1) is 8.09. The van der Waals surface area contributed by atoms with E-state index in [-0.39, 0.29) is 11.7 Å². The van der Waals surface area contributed by atoms with Crippen LogP contribution >= 0.6 is 0 Å². The van der Waals surface area contributed by atoms with Crippen molar-refractivity contribution in [1.82, 2.24) is 0 Å². The minimum atomic E-state index is -1.10. The van der Waals surface area contributed by atoms with Crippen LogP contribution in [-0.2, 0) is 19.0 Å². The van der Waals surface area contributed by atoms with Crippen molar-refractivity contribution in [2.75, 3.05) is 20.8 Å². The van der Waals surface area contributed by atoms with Crippen molar-refractivity contribution >= 4 is 5.78 Å². The predicted molar refractivity (Wildman–Crippen MR) is 60.4 cm³/mol. The van der Waals surface area contributed by atoms with Gasteiger partial charge >= 0.3 is 0 Å². The summed E-state index contributed by atoms with van der Waals surface area (Å²) in [7, 11) is 3.14. The third-order valence-corrected chi connectivity index (χ3v) is 4.57. The Hall–Kier alpha value is -0.710. The van der Waals surface area contributed by atoms with Crippen molar-refractivity contribution in [3.05, 3.63) is 11.6 Å². The van der Waals surface area contributed by atoms with Crippen LogP contribution < -0.4 is 0 Å². The molecule has 0 N–H and O–H groups in total. The van der Waals surface area contributed by atoms with Crippen LogP contribution in [0.15, 0.2) is 11.6 Å². The zero-order valence-corrected chi connectivity index (χ0v) is 10.5. The summed E-state index contributed by atoms with van der Waals surface area (Å²) in [5.41, 5.74) is 0.323. The lowest BCUT2D eigenvalue weighted by atomic mass is 9.57. The van der Waals surface area contributed by atoms with Gasteiger partial charge in [0.25, 0.3) is 0 Å². The number of methoxy groups -OCH3 is 2. The van der Waals surface area contributed by atoms with Crippen LogP contribution in [-0.4, -0.2) is 38.0 Å². The van der Waals surface area contributed by atoms with Gasteiger partial charge in [-0.2, -0.15) is 0 Å². The summed E-state index contributed by atoms with van der Waals surface area (Å²) in [6.07, 6.45) is 3.70. The topological polar surface area (TPSA) is 44.8 Å². The summed E-state index contributed by atoms with van der Waals surface area (Å²) >= 11 is 0. The van der Waals surface area contributed by atoms with Crippen LogP contribution in [0, 0.1) is 11.8 Å². The van der Waals surface area contributed by atoms with E-state index in [0.717, 1.165) is 18.4 Å². The second-order valence-electron chi connectivity index (χ2n) is 5.26. The Morgan fingerprint density at radius 1 is 1.41 bits per heavy atom. The highest BCUT2D eigenvalue weighted by atomic mass is 16.7. The van der Waals surface area contributed by atoms with Gasteiger partial charge in [-0.15, -0.1) is 0 Å². The highest BCUT2D eigenvalue weighted by molar-refractivity contribution is 5.99.